The number of benzene rings is 1. The molecule has 2 rings (SSSR count). The van der Waals surface area contributed by atoms with Gasteiger partial charge in [-0.05, 0) is 47.5 Å². The Bertz CT molecular complexity index is 731. The van der Waals surface area contributed by atoms with E-state index in [4.69, 9.17) is 0 Å². The number of aromatic nitrogens is 1. The van der Waals surface area contributed by atoms with Crippen LogP contribution >= 0.6 is 15.9 Å². The molecule has 0 bridgehead atoms. The van der Waals surface area contributed by atoms with Gasteiger partial charge in [-0.2, -0.15) is 0 Å². The van der Waals surface area contributed by atoms with Crippen molar-refractivity contribution in [1.82, 2.24) is 4.98 Å². The number of nitrogens with zero attached hydrogens (tertiary/aromatic N) is 2. The average Bonchev–Trinajstić information content (AvgIpc) is 2.42. The van der Waals surface area contributed by atoms with E-state index in [-0.39, 0.29) is 11.3 Å². The summed E-state index contributed by atoms with van der Waals surface area (Å²) in [7, 11) is 0. The summed E-state index contributed by atoms with van der Waals surface area (Å²) in [6.45, 7) is 3.49. The smallest absolute Gasteiger partial charge is 0.270 e. The Labute approximate surface area is 129 Å². The van der Waals surface area contributed by atoms with Crippen LogP contribution < -0.4 is 5.32 Å². The van der Waals surface area contributed by atoms with Gasteiger partial charge in [0.1, 0.15) is 4.60 Å². The largest absolute Gasteiger partial charge is 0.320 e. The fourth-order valence-corrected chi connectivity index (χ4v) is 2.22. The summed E-state index contributed by atoms with van der Waals surface area (Å²) in [5.74, 6) is -0.400. The summed E-state index contributed by atoms with van der Waals surface area (Å²) >= 11 is 3.25. The van der Waals surface area contributed by atoms with Gasteiger partial charge in [0, 0.05) is 17.7 Å². The van der Waals surface area contributed by atoms with Gasteiger partial charge in [-0.1, -0.05) is 6.07 Å². The van der Waals surface area contributed by atoms with Crippen molar-refractivity contribution in [3.05, 3.63) is 61.9 Å². The standard InChI is InChI=1S/C14H12BrN3O3/c1-8-3-4-10(18(20)21)7-11(8)14(19)17-12-5-6-13(15)16-9(12)2/h3-7H,1-2H3,(H,17,19). The number of carbonyl (C=O) groups excluding carboxylic acids is 1. The number of carbonyl (C=O) groups is 1. The van der Waals surface area contributed by atoms with E-state index in [9.17, 15) is 14.9 Å². The van der Waals surface area contributed by atoms with Gasteiger partial charge in [0.15, 0.2) is 0 Å². The molecule has 7 heteroatoms. The van der Waals surface area contributed by atoms with Crippen LogP contribution in [0, 0.1) is 24.0 Å². The van der Waals surface area contributed by atoms with Gasteiger partial charge in [0.2, 0.25) is 0 Å². The fourth-order valence-electron chi connectivity index (χ4n) is 1.82. The van der Waals surface area contributed by atoms with E-state index in [1.54, 1.807) is 32.0 Å². The molecule has 21 heavy (non-hydrogen) atoms. The van der Waals surface area contributed by atoms with Gasteiger partial charge in [0.25, 0.3) is 11.6 Å². The average molecular weight is 350 g/mol. The second-order valence-corrected chi connectivity index (χ2v) is 5.29. The minimum Gasteiger partial charge on any atom is -0.320 e. The number of halogens is 1. The molecular formula is C14H12BrN3O3. The number of non-ortho nitro benzene ring substituents is 1. The number of nitrogens with one attached hydrogen (secondary N) is 1. The zero-order valence-electron chi connectivity index (χ0n) is 11.4. The minimum absolute atomic E-state index is 0.114. The number of hydrogen-bond acceptors (Lipinski definition) is 4. The Morgan fingerprint density at radius 3 is 2.62 bits per heavy atom. The highest BCUT2D eigenvalue weighted by molar-refractivity contribution is 9.10. The molecule has 2 aromatic rings. The van der Waals surface area contributed by atoms with Gasteiger partial charge in [-0.3, -0.25) is 14.9 Å². The topological polar surface area (TPSA) is 85.1 Å². The van der Waals surface area contributed by atoms with Crippen LogP contribution in [0.1, 0.15) is 21.6 Å². The molecule has 108 valence electrons. The monoisotopic (exact) mass is 349 g/mol. The maximum Gasteiger partial charge on any atom is 0.270 e. The van der Waals surface area contributed by atoms with Crippen molar-refractivity contribution in [3.8, 4) is 0 Å². The lowest BCUT2D eigenvalue weighted by Gasteiger charge is -2.09. The molecule has 0 atom stereocenters. The lowest BCUT2D eigenvalue weighted by atomic mass is 10.1. The predicted molar refractivity (Wildman–Crippen MR) is 82.5 cm³/mol. The summed E-state index contributed by atoms with van der Waals surface area (Å²) in [6, 6.07) is 7.63. The van der Waals surface area contributed by atoms with Crippen LogP contribution in [0.3, 0.4) is 0 Å². The van der Waals surface area contributed by atoms with Crippen LogP contribution in [0.4, 0.5) is 11.4 Å². The Balaban J connectivity index is 2.32. The van der Waals surface area contributed by atoms with Crippen molar-refractivity contribution >= 4 is 33.2 Å². The van der Waals surface area contributed by atoms with Crippen molar-refractivity contribution < 1.29 is 9.72 Å². The maximum atomic E-state index is 12.3. The van der Waals surface area contributed by atoms with E-state index in [2.05, 4.69) is 26.2 Å². The van der Waals surface area contributed by atoms with Crippen LogP contribution in [0.15, 0.2) is 34.9 Å². The molecule has 0 unspecified atom stereocenters. The predicted octanol–water partition coefficient (Wildman–Crippen LogP) is 3.62. The van der Waals surface area contributed by atoms with Gasteiger partial charge in [-0.25, -0.2) is 4.98 Å². The number of anilines is 1. The van der Waals surface area contributed by atoms with Crippen molar-refractivity contribution in [2.75, 3.05) is 5.32 Å². The first-order chi connectivity index (χ1) is 9.88. The van der Waals surface area contributed by atoms with Gasteiger partial charge in [0.05, 0.1) is 16.3 Å². The second-order valence-electron chi connectivity index (χ2n) is 4.48. The lowest BCUT2D eigenvalue weighted by molar-refractivity contribution is -0.384. The fraction of sp³-hybridized carbons (Fsp3) is 0.143. The van der Waals surface area contributed by atoms with Crippen LogP contribution in [-0.4, -0.2) is 15.8 Å². The summed E-state index contributed by atoms with van der Waals surface area (Å²) in [5.41, 5.74) is 2.04. The number of aryl methyl sites for hydroxylation is 2. The Kier molecular flexibility index (Phi) is 4.32. The Morgan fingerprint density at radius 1 is 1.29 bits per heavy atom. The molecule has 1 aromatic heterocycles. The molecular weight excluding hydrogens is 338 g/mol. The molecule has 0 fully saturated rings. The van der Waals surface area contributed by atoms with Crippen molar-refractivity contribution in [2.45, 2.75) is 13.8 Å². The number of nitro groups is 1. The van der Waals surface area contributed by atoms with Gasteiger partial charge in [-0.15, -0.1) is 0 Å². The minimum atomic E-state index is -0.525. The van der Waals surface area contributed by atoms with E-state index in [0.29, 0.717) is 21.5 Å². The summed E-state index contributed by atoms with van der Waals surface area (Å²) in [5, 5.41) is 13.5. The Hall–Kier alpha value is -2.28. The number of hydrogen-bond donors (Lipinski definition) is 1. The summed E-state index contributed by atoms with van der Waals surface area (Å²) < 4.78 is 0.671. The number of nitro benzene ring substituents is 1. The van der Waals surface area contributed by atoms with Crippen LogP contribution in [0.5, 0.6) is 0 Å². The van der Waals surface area contributed by atoms with E-state index < -0.39 is 10.8 Å². The lowest BCUT2D eigenvalue weighted by Crippen LogP contribution is -2.15. The molecule has 1 N–H and O–H groups in total. The van der Waals surface area contributed by atoms with E-state index >= 15 is 0 Å². The van der Waals surface area contributed by atoms with Crippen molar-refractivity contribution in [1.29, 1.82) is 0 Å². The number of rotatable bonds is 3. The molecule has 0 saturated carbocycles. The first-order valence-electron chi connectivity index (χ1n) is 6.08. The van der Waals surface area contributed by atoms with Crippen molar-refractivity contribution in [2.24, 2.45) is 0 Å². The SMILES string of the molecule is Cc1ccc([N+](=O)[O-])cc1C(=O)Nc1ccc(Br)nc1C. The highest BCUT2D eigenvalue weighted by atomic mass is 79.9. The molecule has 0 aliphatic carbocycles. The number of amides is 1. The molecule has 0 aliphatic rings. The van der Waals surface area contributed by atoms with E-state index in [0.717, 1.165) is 0 Å². The first kappa shape index (κ1) is 15.1. The van der Waals surface area contributed by atoms with Crippen LogP contribution in [-0.2, 0) is 0 Å². The number of pyridine rings is 1. The van der Waals surface area contributed by atoms with Crippen LogP contribution in [0.25, 0.3) is 0 Å². The van der Waals surface area contributed by atoms with E-state index in [1.165, 1.54) is 12.1 Å². The first-order valence-corrected chi connectivity index (χ1v) is 6.87. The van der Waals surface area contributed by atoms with Gasteiger partial charge < -0.3 is 5.32 Å². The molecule has 0 aliphatic heterocycles. The molecule has 1 amide bonds. The maximum absolute atomic E-state index is 12.3. The summed E-state index contributed by atoms with van der Waals surface area (Å²) in [4.78, 5) is 26.7. The summed E-state index contributed by atoms with van der Waals surface area (Å²) in [6.07, 6.45) is 0. The van der Waals surface area contributed by atoms with Crippen LogP contribution in [0.2, 0.25) is 0 Å². The zero-order valence-corrected chi connectivity index (χ0v) is 13.0. The third kappa shape index (κ3) is 3.43. The molecule has 6 nitrogen and oxygen atoms in total. The third-order valence-electron chi connectivity index (χ3n) is 2.98. The molecule has 0 radical (unpaired) electrons. The highest BCUT2D eigenvalue weighted by Crippen LogP contribution is 2.21. The molecule has 1 heterocycles. The second kappa shape index (κ2) is 6.01. The van der Waals surface area contributed by atoms with Crippen molar-refractivity contribution in [3.63, 3.8) is 0 Å². The molecule has 1 aromatic carbocycles. The Morgan fingerprint density at radius 2 is 2.00 bits per heavy atom. The van der Waals surface area contributed by atoms with Gasteiger partial charge >= 0.3 is 0 Å². The quantitative estimate of drug-likeness (QED) is 0.520. The third-order valence-corrected chi connectivity index (χ3v) is 3.42. The normalized spacial score (nSPS) is 10.2. The zero-order chi connectivity index (χ0) is 15.6. The highest BCUT2D eigenvalue weighted by Gasteiger charge is 2.15. The van der Waals surface area contributed by atoms with E-state index in [1.807, 2.05) is 0 Å². The molecule has 0 spiro atoms. The molecule has 0 saturated heterocycles.